The van der Waals surface area contributed by atoms with Gasteiger partial charge in [0.1, 0.15) is 6.04 Å². The Balaban J connectivity index is 1.06. The summed E-state index contributed by atoms with van der Waals surface area (Å²) < 4.78 is 1.75. The monoisotopic (exact) mass is 558 g/mol. The van der Waals surface area contributed by atoms with Crippen LogP contribution in [0.15, 0.2) is 42.7 Å². The molecule has 3 saturated heterocycles. The van der Waals surface area contributed by atoms with Gasteiger partial charge in [0.05, 0.1) is 24.2 Å². The summed E-state index contributed by atoms with van der Waals surface area (Å²) >= 11 is 0. The zero-order valence-corrected chi connectivity index (χ0v) is 23.8. The van der Waals surface area contributed by atoms with Crippen LogP contribution in [-0.2, 0) is 20.9 Å². The van der Waals surface area contributed by atoms with Crippen LogP contribution in [0.2, 0.25) is 0 Å². The second kappa shape index (κ2) is 9.42. The molecular formula is C31H38N6O4. The fraction of sp³-hybridized carbons (Fsp3) is 0.581. The Bertz CT molecular complexity index is 1390. The van der Waals surface area contributed by atoms with Gasteiger partial charge in [-0.1, -0.05) is 44.2 Å². The minimum absolute atomic E-state index is 0.00744. The van der Waals surface area contributed by atoms with Gasteiger partial charge in [0.15, 0.2) is 0 Å². The number of nitrogens with one attached hydrogen (secondary N) is 1. The molecule has 41 heavy (non-hydrogen) atoms. The van der Waals surface area contributed by atoms with Gasteiger partial charge < -0.3 is 20.0 Å². The third-order valence-electron chi connectivity index (χ3n) is 10.00. The van der Waals surface area contributed by atoms with E-state index in [1.54, 1.807) is 22.0 Å². The number of amides is 4. The Kier molecular flexibility index (Phi) is 6.03. The zero-order chi connectivity index (χ0) is 28.5. The highest BCUT2D eigenvalue weighted by Crippen LogP contribution is 2.54. The Hall–Kier alpha value is -3.69. The first-order valence-corrected chi connectivity index (χ1v) is 14.9. The van der Waals surface area contributed by atoms with Crippen molar-refractivity contribution < 1.29 is 19.2 Å². The zero-order valence-electron chi connectivity index (χ0n) is 23.8. The Morgan fingerprint density at radius 1 is 1.00 bits per heavy atom. The lowest BCUT2D eigenvalue weighted by molar-refractivity contribution is -0.151. The van der Waals surface area contributed by atoms with Gasteiger partial charge in [0, 0.05) is 56.3 Å². The van der Waals surface area contributed by atoms with Crippen molar-refractivity contribution in [3.8, 4) is 0 Å². The van der Waals surface area contributed by atoms with Gasteiger partial charge in [-0.15, -0.1) is 0 Å². The SMILES string of the molecule is CC1(C)C[C@@H]1C(=O)N1CC2(CN(C(=O)c3cnn(Cc4ccccc4)c3)C[C@H]2C(=O)N[C@@H]2CCN(C3CC3)C2=O)C1. The highest BCUT2D eigenvalue weighted by Gasteiger charge is 2.62. The van der Waals surface area contributed by atoms with Crippen LogP contribution in [0, 0.1) is 22.7 Å². The van der Waals surface area contributed by atoms with Crippen LogP contribution in [-0.4, -0.2) is 92.9 Å². The van der Waals surface area contributed by atoms with E-state index in [1.165, 1.54) is 0 Å². The molecule has 1 aromatic carbocycles. The number of nitrogens with zero attached hydrogens (tertiary/aromatic N) is 5. The lowest BCUT2D eigenvalue weighted by Gasteiger charge is -2.50. The van der Waals surface area contributed by atoms with E-state index in [1.807, 2.05) is 40.1 Å². The van der Waals surface area contributed by atoms with Crippen LogP contribution in [0.1, 0.15) is 55.5 Å². The molecule has 4 heterocycles. The summed E-state index contributed by atoms with van der Waals surface area (Å²) in [5, 5.41) is 7.44. The maximum Gasteiger partial charge on any atom is 0.257 e. The maximum atomic E-state index is 13.7. The lowest BCUT2D eigenvalue weighted by Crippen LogP contribution is -2.65. The standard InChI is InChI=1S/C31H38N6O4/c1-30(2)12-23(30)28(40)35-18-31(19-35)17-34(27(39)21-13-32-36(15-21)14-20-6-4-3-5-7-20)16-24(31)26(38)33-25-10-11-37(29(25)41)22-8-9-22/h3-7,13,15,22-25H,8-12,14,16-19H2,1-2H3,(H,33,38)/t23-,24+,25-/m1/s1. The third kappa shape index (κ3) is 4.71. The first-order chi connectivity index (χ1) is 19.6. The summed E-state index contributed by atoms with van der Waals surface area (Å²) in [7, 11) is 0. The summed E-state index contributed by atoms with van der Waals surface area (Å²) in [5.41, 5.74) is 1.10. The summed E-state index contributed by atoms with van der Waals surface area (Å²) in [6.45, 7) is 7.04. The fourth-order valence-electron chi connectivity index (χ4n) is 7.15. The smallest absolute Gasteiger partial charge is 0.257 e. The van der Waals surface area contributed by atoms with Crippen LogP contribution in [0.25, 0.3) is 0 Å². The first-order valence-electron chi connectivity index (χ1n) is 14.9. The van der Waals surface area contributed by atoms with E-state index in [-0.39, 0.29) is 41.5 Å². The number of aromatic nitrogens is 2. The molecule has 10 heteroatoms. The molecule has 4 amide bonds. The van der Waals surface area contributed by atoms with E-state index in [4.69, 9.17) is 0 Å². The molecule has 0 unspecified atom stereocenters. The number of rotatable bonds is 7. The van der Waals surface area contributed by atoms with Crippen molar-refractivity contribution in [1.29, 1.82) is 0 Å². The highest BCUT2D eigenvalue weighted by atomic mass is 16.2. The Morgan fingerprint density at radius 2 is 1.71 bits per heavy atom. The summed E-state index contributed by atoms with van der Waals surface area (Å²) in [6, 6.07) is 9.76. The van der Waals surface area contributed by atoms with Crippen molar-refractivity contribution in [2.24, 2.45) is 22.7 Å². The molecule has 5 aliphatic rings. The third-order valence-corrected chi connectivity index (χ3v) is 10.00. The van der Waals surface area contributed by atoms with Crippen molar-refractivity contribution in [2.75, 3.05) is 32.7 Å². The van der Waals surface area contributed by atoms with Gasteiger partial charge in [0.25, 0.3) is 5.91 Å². The molecule has 7 rings (SSSR count). The van der Waals surface area contributed by atoms with Gasteiger partial charge in [0.2, 0.25) is 17.7 Å². The van der Waals surface area contributed by atoms with Gasteiger partial charge in [-0.2, -0.15) is 5.10 Å². The van der Waals surface area contributed by atoms with Crippen molar-refractivity contribution >= 4 is 23.6 Å². The number of carbonyl (C=O) groups is 4. The van der Waals surface area contributed by atoms with Crippen LogP contribution in [0.5, 0.6) is 0 Å². The van der Waals surface area contributed by atoms with Crippen LogP contribution < -0.4 is 5.32 Å². The number of benzene rings is 1. The predicted octanol–water partition coefficient (Wildman–Crippen LogP) is 1.76. The number of hydrogen-bond acceptors (Lipinski definition) is 5. The molecule has 5 fully saturated rings. The molecule has 1 spiro atoms. The van der Waals surface area contributed by atoms with Crippen LogP contribution in [0.3, 0.4) is 0 Å². The van der Waals surface area contributed by atoms with Gasteiger partial charge in [-0.3, -0.25) is 23.9 Å². The Morgan fingerprint density at radius 3 is 2.39 bits per heavy atom. The summed E-state index contributed by atoms with van der Waals surface area (Å²) in [5.74, 6) is -0.638. The molecule has 2 saturated carbocycles. The van der Waals surface area contributed by atoms with E-state index in [2.05, 4.69) is 24.3 Å². The largest absolute Gasteiger partial charge is 0.344 e. The molecule has 0 bridgehead atoms. The quantitative estimate of drug-likeness (QED) is 0.557. The molecule has 0 radical (unpaired) electrons. The second-order valence-electron chi connectivity index (χ2n) is 13.6. The van der Waals surface area contributed by atoms with E-state index in [0.717, 1.165) is 24.8 Å². The normalized spacial score (nSPS) is 27.7. The topological polar surface area (TPSA) is 108 Å². The van der Waals surface area contributed by atoms with E-state index < -0.39 is 17.4 Å². The van der Waals surface area contributed by atoms with Crippen molar-refractivity contribution in [3.63, 3.8) is 0 Å². The average Bonchev–Trinajstić information content (AvgIpc) is 3.70. The van der Waals surface area contributed by atoms with Crippen LogP contribution >= 0.6 is 0 Å². The molecular weight excluding hydrogens is 520 g/mol. The van der Waals surface area contributed by atoms with Gasteiger partial charge in [-0.25, -0.2) is 0 Å². The Labute approximate surface area is 240 Å². The van der Waals surface area contributed by atoms with Gasteiger partial charge >= 0.3 is 0 Å². The van der Waals surface area contributed by atoms with E-state index in [0.29, 0.717) is 50.7 Å². The predicted molar refractivity (Wildman–Crippen MR) is 149 cm³/mol. The molecule has 2 aliphatic carbocycles. The lowest BCUT2D eigenvalue weighted by atomic mass is 9.70. The first kappa shape index (κ1) is 26.2. The molecule has 216 valence electrons. The van der Waals surface area contributed by atoms with Crippen molar-refractivity contribution in [3.05, 3.63) is 53.9 Å². The molecule has 2 aromatic rings. The fourth-order valence-corrected chi connectivity index (χ4v) is 7.15. The van der Waals surface area contributed by atoms with E-state index in [9.17, 15) is 19.2 Å². The maximum absolute atomic E-state index is 13.7. The van der Waals surface area contributed by atoms with E-state index >= 15 is 0 Å². The average molecular weight is 559 g/mol. The summed E-state index contributed by atoms with van der Waals surface area (Å²) in [4.78, 5) is 59.0. The van der Waals surface area contributed by atoms with Crippen molar-refractivity contribution in [1.82, 2.24) is 29.8 Å². The number of hydrogen-bond donors (Lipinski definition) is 1. The molecule has 1 aromatic heterocycles. The molecule has 3 atom stereocenters. The minimum Gasteiger partial charge on any atom is -0.344 e. The second-order valence-corrected chi connectivity index (χ2v) is 13.6. The van der Waals surface area contributed by atoms with Crippen molar-refractivity contribution in [2.45, 2.75) is 58.2 Å². The highest BCUT2D eigenvalue weighted by molar-refractivity contribution is 5.96. The minimum atomic E-state index is -0.508. The van der Waals surface area contributed by atoms with Gasteiger partial charge in [-0.05, 0) is 36.7 Å². The van der Waals surface area contributed by atoms with Crippen LogP contribution in [0.4, 0.5) is 0 Å². The molecule has 1 N–H and O–H groups in total. The number of likely N-dealkylation sites (tertiary alicyclic amines) is 3. The molecule has 10 nitrogen and oxygen atoms in total. The summed E-state index contributed by atoms with van der Waals surface area (Å²) in [6.07, 6.45) is 6.92. The number of carbonyl (C=O) groups excluding carboxylic acids is 4. The molecule has 3 aliphatic heterocycles.